The van der Waals surface area contributed by atoms with Crippen molar-refractivity contribution in [2.75, 3.05) is 17.2 Å². The van der Waals surface area contributed by atoms with E-state index in [1.807, 2.05) is 0 Å². The summed E-state index contributed by atoms with van der Waals surface area (Å²) < 4.78 is 24.2. The highest BCUT2D eigenvalue weighted by Gasteiger charge is 2.34. The first-order chi connectivity index (χ1) is 9.59. The van der Waals surface area contributed by atoms with Gasteiger partial charge in [-0.1, -0.05) is 31.4 Å². The van der Waals surface area contributed by atoms with Crippen molar-refractivity contribution in [3.05, 3.63) is 24.3 Å². The van der Waals surface area contributed by atoms with Crippen molar-refractivity contribution < 1.29 is 13.2 Å². The van der Waals surface area contributed by atoms with E-state index in [1.165, 1.54) is 6.42 Å². The summed E-state index contributed by atoms with van der Waals surface area (Å²) >= 11 is 0. The summed E-state index contributed by atoms with van der Waals surface area (Å²) in [4.78, 5) is 14.6. The van der Waals surface area contributed by atoms with Crippen LogP contribution in [0.15, 0.2) is 29.2 Å². The highest BCUT2D eigenvalue weighted by Crippen LogP contribution is 2.33. The Balaban J connectivity index is 1.93. The van der Waals surface area contributed by atoms with Crippen molar-refractivity contribution in [2.24, 2.45) is 5.92 Å². The molecule has 0 bridgehead atoms. The Kier molecular flexibility index (Phi) is 3.54. The van der Waals surface area contributed by atoms with E-state index in [0.29, 0.717) is 10.6 Å². The number of amides is 1. The molecule has 20 heavy (non-hydrogen) atoms. The third-order valence-electron chi connectivity index (χ3n) is 4.30. The minimum Gasteiger partial charge on any atom is -0.310 e. The third-order valence-corrected chi connectivity index (χ3v) is 6.03. The molecule has 1 saturated carbocycles. The lowest BCUT2D eigenvalue weighted by atomic mass is 9.88. The summed E-state index contributed by atoms with van der Waals surface area (Å²) in [5, 5.41) is 0. The number of anilines is 1. The van der Waals surface area contributed by atoms with Crippen molar-refractivity contribution in [2.45, 2.75) is 37.0 Å². The van der Waals surface area contributed by atoms with E-state index in [2.05, 4.69) is 0 Å². The first-order valence-electron chi connectivity index (χ1n) is 7.23. The summed E-state index contributed by atoms with van der Waals surface area (Å²) in [5.41, 5.74) is 0.564. The topological polar surface area (TPSA) is 54.5 Å². The van der Waals surface area contributed by atoms with E-state index in [-0.39, 0.29) is 24.1 Å². The quantitative estimate of drug-likeness (QED) is 0.799. The number of hydrogen-bond acceptors (Lipinski definition) is 3. The predicted molar refractivity (Wildman–Crippen MR) is 77.4 cm³/mol. The van der Waals surface area contributed by atoms with Gasteiger partial charge in [-0.3, -0.25) is 4.79 Å². The van der Waals surface area contributed by atoms with Crippen LogP contribution in [0, 0.1) is 5.92 Å². The predicted octanol–water partition coefficient (Wildman–Crippen LogP) is 2.39. The van der Waals surface area contributed by atoms with Crippen molar-refractivity contribution >= 4 is 21.4 Å². The SMILES string of the molecule is O=C(C1CCCCC1)N1CCS(=O)(=O)c2ccccc21. The first-order valence-corrected chi connectivity index (χ1v) is 8.88. The number of para-hydroxylation sites is 1. The molecule has 4 nitrogen and oxygen atoms in total. The van der Waals surface area contributed by atoms with E-state index in [0.717, 1.165) is 25.7 Å². The Morgan fingerprint density at radius 2 is 1.80 bits per heavy atom. The first kappa shape index (κ1) is 13.6. The van der Waals surface area contributed by atoms with E-state index in [9.17, 15) is 13.2 Å². The minimum atomic E-state index is -3.23. The van der Waals surface area contributed by atoms with Crippen LogP contribution in [0.1, 0.15) is 32.1 Å². The van der Waals surface area contributed by atoms with Gasteiger partial charge in [-0.2, -0.15) is 0 Å². The monoisotopic (exact) mass is 293 g/mol. The smallest absolute Gasteiger partial charge is 0.230 e. The fourth-order valence-electron chi connectivity index (χ4n) is 3.18. The zero-order valence-electron chi connectivity index (χ0n) is 11.4. The van der Waals surface area contributed by atoms with Gasteiger partial charge in [-0.05, 0) is 25.0 Å². The van der Waals surface area contributed by atoms with Gasteiger partial charge in [-0.15, -0.1) is 0 Å². The van der Waals surface area contributed by atoms with Crippen molar-refractivity contribution in [3.63, 3.8) is 0 Å². The van der Waals surface area contributed by atoms with Crippen LogP contribution in [0.5, 0.6) is 0 Å². The molecule has 0 saturated heterocycles. The molecule has 1 aliphatic heterocycles. The molecule has 5 heteroatoms. The van der Waals surface area contributed by atoms with E-state index < -0.39 is 9.84 Å². The van der Waals surface area contributed by atoms with Gasteiger partial charge < -0.3 is 4.90 Å². The van der Waals surface area contributed by atoms with E-state index in [1.54, 1.807) is 29.2 Å². The molecular weight excluding hydrogens is 274 g/mol. The van der Waals surface area contributed by atoms with Gasteiger partial charge in [-0.25, -0.2) is 8.42 Å². The van der Waals surface area contributed by atoms with Gasteiger partial charge >= 0.3 is 0 Å². The molecule has 2 aliphatic rings. The van der Waals surface area contributed by atoms with Crippen LogP contribution in [0.2, 0.25) is 0 Å². The normalized spacial score (nSPS) is 22.3. The van der Waals surface area contributed by atoms with Crippen LogP contribution in [0.25, 0.3) is 0 Å². The molecule has 0 radical (unpaired) electrons. The molecule has 1 fully saturated rings. The minimum absolute atomic E-state index is 0.0302. The fraction of sp³-hybridized carbons (Fsp3) is 0.533. The molecule has 1 aliphatic carbocycles. The van der Waals surface area contributed by atoms with Gasteiger partial charge in [0, 0.05) is 12.5 Å². The molecule has 108 valence electrons. The van der Waals surface area contributed by atoms with E-state index in [4.69, 9.17) is 0 Å². The second kappa shape index (κ2) is 5.20. The summed E-state index contributed by atoms with van der Waals surface area (Å²) in [5.74, 6) is 0.201. The number of sulfone groups is 1. The van der Waals surface area contributed by atoms with Crippen LogP contribution in [-0.4, -0.2) is 26.6 Å². The number of rotatable bonds is 1. The number of nitrogens with zero attached hydrogens (tertiary/aromatic N) is 1. The fourth-order valence-corrected chi connectivity index (χ4v) is 4.61. The standard InChI is InChI=1S/C15H19NO3S/c17-15(12-6-2-1-3-7-12)16-10-11-20(18,19)14-9-5-4-8-13(14)16/h4-5,8-9,12H,1-3,6-7,10-11H2. The Bertz CT molecular complexity index is 618. The number of carbonyl (C=O) groups excluding carboxylic acids is 1. The Morgan fingerprint density at radius 1 is 1.10 bits per heavy atom. The molecule has 0 N–H and O–H groups in total. The second-order valence-electron chi connectivity index (χ2n) is 5.61. The van der Waals surface area contributed by atoms with Crippen molar-refractivity contribution in [1.29, 1.82) is 0 Å². The number of fused-ring (bicyclic) bond motifs is 1. The molecule has 0 unspecified atom stereocenters. The molecule has 0 atom stereocenters. The molecule has 1 heterocycles. The number of benzene rings is 1. The summed E-state index contributed by atoms with van der Waals surface area (Å²) in [6.45, 7) is 0.286. The lowest BCUT2D eigenvalue weighted by Crippen LogP contribution is -2.43. The molecule has 3 rings (SSSR count). The third kappa shape index (κ3) is 2.35. The summed E-state index contributed by atoms with van der Waals surface area (Å²) in [6, 6.07) is 6.85. The van der Waals surface area contributed by atoms with Crippen LogP contribution >= 0.6 is 0 Å². The average Bonchev–Trinajstić information content (AvgIpc) is 2.48. The highest BCUT2D eigenvalue weighted by atomic mass is 32.2. The van der Waals surface area contributed by atoms with Crippen LogP contribution < -0.4 is 4.90 Å². The maximum absolute atomic E-state index is 12.7. The largest absolute Gasteiger partial charge is 0.310 e. The molecule has 0 spiro atoms. The maximum Gasteiger partial charge on any atom is 0.230 e. The van der Waals surface area contributed by atoms with Crippen LogP contribution in [0.4, 0.5) is 5.69 Å². The van der Waals surface area contributed by atoms with Crippen molar-refractivity contribution in [3.8, 4) is 0 Å². The molecule has 1 aromatic carbocycles. The van der Waals surface area contributed by atoms with Crippen LogP contribution in [0.3, 0.4) is 0 Å². The zero-order valence-corrected chi connectivity index (χ0v) is 12.2. The maximum atomic E-state index is 12.7. The number of hydrogen-bond donors (Lipinski definition) is 0. The van der Waals surface area contributed by atoms with Gasteiger partial charge in [0.1, 0.15) is 0 Å². The molecule has 1 amide bonds. The Labute approximate surface area is 119 Å². The lowest BCUT2D eigenvalue weighted by Gasteiger charge is -2.33. The van der Waals surface area contributed by atoms with E-state index >= 15 is 0 Å². The summed E-state index contributed by atoms with van der Waals surface area (Å²) in [7, 11) is -3.23. The lowest BCUT2D eigenvalue weighted by molar-refractivity contribution is -0.123. The average molecular weight is 293 g/mol. The molecule has 0 aromatic heterocycles. The molecule has 1 aromatic rings. The zero-order chi connectivity index (χ0) is 14.2. The Hall–Kier alpha value is -1.36. The van der Waals surface area contributed by atoms with Gasteiger partial charge in [0.15, 0.2) is 9.84 Å². The Morgan fingerprint density at radius 3 is 2.55 bits per heavy atom. The van der Waals surface area contributed by atoms with Crippen molar-refractivity contribution in [1.82, 2.24) is 0 Å². The summed E-state index contributed by atoms with van der Waals surface area (Å²) in [6.07, 6.45) is 5.28. The second-order valence-corrected chi connectivity index (χ2v) is 7.69. The highest BCUT2D eigenvalue weighted by molar-refractivity contribution is 7.91. The van der Waals surface area contributed by atoms with Crippen LogP contribution in [-0.2, 0) is 14.6 Å². The van der Waals surface area contributed by atoms with Gasteiger partial charge in [0.05, 0.1) is 16.3 Å². The number of carbonyl (C=O) groups is 1. The van der Waals surface area contributed by atoms with Gasteiger partial charge in [0.25, 0.3) is 0 Å². The van der Waals surface area contributed by atoms with Gasteiger partial charge in [0.2, 0.25) is 5.91 Å². The molecular formula is C15H19NO3S.